The Balaban J connectivity index is 1.23. The van der Waals surface area contributed by atoms with Gasteiger partial charge in [0.2, 0.25) is 0 Å². The highest BCUT2D eigenvalue weighted by molar-refractivity contribution is 5.95. The lowest BCUT2D eigenvalue weighted by Crippen LogP contribution is -2.49. The zero-order valence-electron chi connectivity index (χ0n) is 22.6. The molecule has 9 heteroatoms. The molecule has 3 heterocycles. The van der Waals surface area contributed by atoms with Crippen LogP contribution in [0.15, 0.2) is 60.7 Å². The molecule has 0 atom stereocenters. The Bertz CT molecular complexity index is 1330. The number of aromatic nitrogens is 1. The van der Waals surface area contributed by atoms with E-state index in [0.29, 0.717) is 25.2 Å². The van der Waals surface area contributed by atoms with E-state index in [2.05, 4.69) is 15.9 Å². The Hall–Kier alpha value is -3.98. The molecular formula is C30H35N5O4. The van der Waals surface area contributed by atoms with Gasteiger partial charge in [-0.3, -0.25) is 24.8 Å². The monoisotopic (exact) mass is 529 g/mol. The molecule has 1 aromatic heterocycles. The number of carbonyl (C=O) groups excluding carboxylic acids is 1. The van der Waals surface area contributed by atoms with Crippen LogP contribution in [0.4, 0.5) is 11.4 Å². The molecule has 5 rings (SSSR count). The molecule has 0 spiro atoms. The lowest BCUT2D eigenvalue weighted by atomic mass is 9.89. The van der Waals surface area contributed by atoms with Gasteiger partial charge in [-0.05, 0) is 57.1 Å². The van der Waals surface area contributed by atoms with Crippen molar-refractivity contribution in [1.82, 2.24) is 14.8 Å². The molecule has 0 saturated carbocycles. The first-order chi connectivity index (χ1) is 18.9. The van der Waals surface area contributed by atoms with Gasteiger partial charge < -0.3 is 14.5 Å². The van der Waals surface area contributed by atoms with Crippen LogP contribution in [0, 0.1) is 17.0 Å². The van der Waals surface area contributed by atoms with Gasteiger partial charge in [-0.2, -0.15) is 0 Å². The van der Waals surface area contributed by atoms with E-state index >= 15 is 0 Å². The first-order valence-electron chi connectivity index (χ1n) is 13.5. The maximum Gasteiger partial charge on any atom is 0.273 e. The number of likely N-dealkylation sites (tertiary alicyclic amines) is 1. The van der Waals surface area contributed by atoms with Gasteiger partial charge in [-0.15, -0.1) is 0 Å². The Labute approximate surface area is 229 Å². The van der Waals surface area contributed by atoms with Gasteiger partial charge in [-0.1, -0.05) is 24.3 Å². The van der Waals surface area contributed by atoms with Crippen molar-refractivity contribution in [3.8, 4) is 5.75 Å². The number of amides is 1. The number of rotatable bonds is 7. The largest absolute Gasteiger partial charge is 0.497 e. The van der Waals surface area contributed by atoms with E-state index in [0.717, 1.165) is 67.4 Å². The minimum Gasteiger partial charge on any atom is -0.497 e. The summed E-state index contributed by atoms with van der Waals surface area (Å²) in [6.45, 7) is 6.95. The minimum absolute atomic E-state index is 0.0464. The second-order valence-corrected chi connectivity index (χ2v) is 10.3. The number of piperidine rings is 1. The first-order valence-corrected chi connectivity index (χ1v) is 13.5. The van der Waals surface area contributed by atoms with Gasteiger partial charge in [-0.25, -0.2) is 0 Å². The lowest BCUT2D eigenvalue weighted by molar-refractivity contribution is -0.385. The van der Waals surface area contributed by atoms with Crippen molar-refractivity contribution in [1.29, 1.82) is 0 Å². The summed E-state index contributed by atoms with van der Waals surface area (Å²) in [5.41, 5.74) is 4.50. The van der Waals surface area contributed by atoms with Gasteiger partial charge in [0.25, 0.3) is 11.6 Å². The van der Waals surface area contributed by atoms with Crippen molar-refractivity contribution in [2.75, 3.05) is 51.3 Å². The van der Waals surface area contributed by atoms with E-state index in [1.54, 1.807) is 19.2 Å². The Morgan fingerprint density at radius 3 is 2.46 bits per heavy atom. The number of nitrogens with zero attached hydrogens (tertiary/aromatic N) is 5. The van der Waals surface area contributed by atoms with Gasteiger partial charge in [0.1, 0.15) is 5.75 Å². The standard InChI is InChI=1S/C30H35N5O4/c1-22-10-11-27(30(36)34-18-16-33(17-19-34)25-7-5-8-26(20-25)39-2)29(31-22)23-12-14-32(15-13-23)21-24-6-3-4-9-28(24)35(37)38/h3-11,20,23H,12-19,21H2,1-2H3. The number of pyridine rings is 1. The van der Waals surface area contributed by atoms with Crippen molar-refractivity contribution in [3.05, 3.63) is 93.3 Å². The summed E-state index contributed by atoms with van der Waals surface area (Å²) in [6.07, 6.45) is 1.72. The summed E-state index contributed by atoms with van der Waals surface area (Å²) in [5.74, 6) is 1.06. The predicted octanol–water partition coefficient (Wildman–Crippen LogP) is 4.65. The van der Waals surface area contributed by atoms with E-state index in [1.807, 2.05) is 54.3 Å². The normalized spacial score (nSPS) is 16.8. The lowest BCUT2D eigenvalue weighted by Gasteiger charge is -2.37. The van der Waals surface area contributed by atoms with Crippen LogP contribution in [-0.4, -0.2) is 72.0 Å². The maximum absolute atomic E-state index is 13.7. The van der Waals surface area contributed by atoms with Gasteiger partial charge in [0, 0.05) is 67.7 Å². The fraction of sp³-hybridized carbons (Fsp3) is 0.400. The van der Waals surface area contributed by atoms with Crippen molar-refractivity contribution < 1.29 is 14.5 Å². The second kappa shape index (κ2) is 11.8. The molecule has 3 aromatic rings. The van der Waals surface area contributed by atoms with Crippen LogP contribution >= 0.6 is 0 Å². The quantitative estimate of drug-likeness (QED) is 0.325. The third-order valence-electron chi connectivity index (χ3n) is 7.84. The molecule has 1 amide bonds. The van der Waals surface area contributed by atoms with Gasteiger partial charge in [0.05, 0.1) is 23.3 Å². The van der Waals surface area contributed by atoms with Crippen molar-refractivity contribution in [2.45, 2.75) is 32.2 Å². The molecule has 0 aliphatic carbocycles. The molecule has 9 nitrogen and oxygen atoms in total. The second-order valence-electron chi connectivity index (χ2n) is 10.3. The summed E-state index contributed by atoms with van der Waals surface area (Å²) >= 11 is 0. The highest BCUT2D eigenvalue weighted by Gasteiger charge is 2.30. The number of aryl methyl sites for hydroxylation is 1. The Morgan fingerprint density at radius 2 is 1.74 bits per heavy atom. The Morgan fingerprint density at radius 1 is 1.00 bits per heavy atom. The third-order valence-corrected chi connectivity index (χ3v) is 7.84. The van der Waals surface area contributed by atoms with E-state index in [9.17, 15) is 14.9 Å². The highest BCUT2D eigenvalue weighted by Crippen LogP contribution is 2.32. The van der Waals surface area contributed by atoms with Crippen LogP contribution in [0.3, 0.4) is 0 Å². The molecule has 39 heavy (non-hydrogen) atoms. The number of piperazine rings is 1. The zero-order valence-corrected chi connectivity index (χ0v) is 22.6. The molecule has 2 fully saturated rings. The fourth-order valence-electron chi connectivity index (χ4n) is 5.64. The third kappa shape index (κ3) is 6.04. The molecule has 0 bridgehead atoms. The number of methoxy groups -OCH3 is 1. The average molecular weight is 530 g/mol. The molecule has 2 aliphatic rings. The molecule has 0 radical (unpaired) electrons. The first kappa shape index (κ1) is 26.6. The molecule has 2 saturated heterocycles. The molecule has 204 valence electrons. The molecular weight excluding hydrogens is 494 g/mol. The van der Waals surface area contributed by atoms with Gasteiger partial charge in [0.15, 0.2) is 0 Å². The number of benzene rings is 2. The average Bonchev–Trinajstić information content (AvgIpc) is 2.97. The smallest absolute Gasteiger partial charge is 0.273 e. The Kier molecular flexibility index (Phi) is 8.07. The summed E-state index contributed by atoms with van der Waals surface area (Å²) in [4.78, 5) is 36.1. The SMILES string of the molecule is COc1cccc(N2CCN(C(=O)c3ccc(C)nc3C3CCN(Cc4ccccc4[N+](=O)[O-])CC3)CC2)c1. The highest BCUT2D eigenvalue weighted by atomic mass is 16.6. The number of hydrogen-bond donors (Lipinski definition) is 0. The fourth-order valence-corrected chi connectivity index (χ4v) is 5.64. The molecule has 2 aromatic carbocycles. The summed E-state index contributed by atoms with van der Waals surface area (Å²) in [7, 11) is 1.67. The number of carbonyl (C=O) groups is 1. The zero-order chi connectivity index (χ0) is 27.4. The van der Waals surface area contributed by atoms with Crippen molar-refractivity contribution in [3.63, 3.8) is 0 Å². The minimum atomic E-state index is -0.312. The number of para-hydroxylation sites is 1. The van der Waals surface area contributed by atoms with Crippen LogP contribution in [0.5, 0.6) is 5.75 Å². The van der Waals surface area contributed by atoms with E-state index in [4.69, 9.17) is 9.72 Å². The molecule has 0 unspecified atom stereocenters. The van der Waals surface area contributed by atoms with Crippen LogP contribution in [0.25, 0.3) is 0 Å². The summed E-state index contributed by atoms with van der Waals surface area (Å²) in [6, 6.07) is 18.8. The predicted molar refractivity (Wildman–Crippen MR) is 150 cm³/mol. The summed E-state index contributed by atoms with van der Waals surface area (Å²) in [5, 5.41) is 11.4. The maximum atomic E-state index is 13.7. The van der Waals surface area contributed by atoms with Crippen LogP contribution in [-0.2, 0) is 6.54 Å². The van der Waals surface area contributed by atoms with Crippen LogP contribution in [0.1, 0.15) is 46.1 Å². The number of hydrogen-bond acceptors (Lipinski definition) is 7. The number of nitro groups is 1. The van der Waals surface area contributed by atoms with Gasteiger partial charge >= 0.3 is 0 Å². The molecule has 2 aliphatic heterocycles. The van der Waals surface area contributed by atoms with E-state index in [-0.39, 0.29) is 22.4 Å². The topological polar surface area (TPSA) is 92.1 Å². The summed E-state index contributed by atoms with van der Waals surface area (Å²) < 4.78 is 5.37. The van der Waals surface area contributed by atoms with E-state index < -0.39 is 0 Å². The number of ether oxygens (including phenoxy) is 1. The molecule has 0 N–H and O–H groups in total. The van der Waals surface area contributed by atoms with Crippen LogP contribution in [0.2, 0.25) is 0 Å². The van der Waals surface area contributed by atoms with Crippen molar-refractivity contribution in [2.24, 2.45) is 0 Å². The number of nitro benzene ring substituents is 1. The van der Waals surface area contributed by atoms with Crippen LogP contribution < -0.4 is 9.64 Å². The number of anilines is 1. The van der Waals surface area contributed by atoms with Crippen molar-refractivity contribution >= 4 is 17.3 Å². The van der Waals surface area contributed by atoms with E-state index in [1.165, 1.54) is 0 Å².